The second kappa shape index (κ2) is 8.92. The van der Waals surface area contributed by atoms with Gasteiger partial charge in [0, 0.05) is 12.1 Å². The second-order valence-electron chi connectivity index (χ2n) is 6.13. The van der Waals surface area contributed by atoms with Crippen LogP contribution in [0.3, 0.4) is 0 Å². The highest BCUT2D eigenvalue weighted by atomic mass is 32.2. The number of nitro groups is 1. The Bertz CT molecular complexity index is 1140. The van der Waals surface area contributed by atoms with Crippen LogP contribution in [0.25, 0.3) is 6.08 Å². The van der Waals surface area contributed by atoms with Crippen molar-refractivity contribution in [2.75, 3.05) is 19.0 Å². The lowest BCUT2D eigenvalue weighted by Crippen LogP contribution is -2.36. The fourth-order valence-corrected chi connectivity index (χ4v) is 3.49. The molecule has 3 rings (SSSR count). The molecule has 1 fully saturated rings. The number of rotatable bonds is 6. The lowest BCUT2D eigenvalue weighted by Gasteiger charge is -2.12. The topological polar surface area (TPSA) is 119 Å². The number of nitro benzene ring substituents is 1. The molecule has 3 amide bonds. The van der Waals surface area contributed by atoms with Crippen molar-refractivity contribution in [3.63, 3.8) is 0 Å². The van der Waals surface area contributed by atoms with Crippen LogP contribution in [0.15, 0.2) is 41.3 Å². The molecule has 0 unspecified atom stereocenters. The third kappa shape index (κ3) is 4.86. The molecule has 0 bridgehead atoms. The third-order valence-electron chi connectivity index (χ3n) is 4.08. The Hall–Kier alpha value is -3.80. The quantitative estimate of drug-likeness (QED) is 0.407. The normalized spacial score (nSPS) is 14.8. The van der Waals surface area contributed by atoms with Crippen molar-refractivity contribution in [1.82, 2.24) is 4.90 Å². The molecule has 1 aliphatic rings. The van der Waals surface area contributed by atoms with Gasteiger partial charge in [0.2, 0.25) is 5.91 Å². The molecule has 31 heavy (non-hydrogen) atoms. The molecule has 9 nitrogen and oxygen atoms in total. The van der Waals surface area contributed by atoms with Gasteiger partial charge in [0.15, 0.2) is 5.75 Å². The Morgan fingerprint density at radius 2 is 2.00 bits per heavy atom. The Kier molecular flexibility index (Phi) is 6.30. The Morgan fingerprint density at radius 1 is 1.26 bits per heavy atom. The summed E-state index contributed by atoms with van der Waals surface area (Å²) in [5.41, 5.74) is -0.355. The lowest BCUT2D eigenvalue weighted by molar-refractivity contribution is -0.385. The molecule has 12 heteroatoms. The minimum Gasteiger partial charge on any atom is -0.490 e. The molecule has 1 saturated heterocycles. The molecule has 2 aromatic rings. The maximum absolute atomic E-state index is 13.7. The molecule has 1 heterocycles. The first-order valence-electron chi connectivity index (χ1n) is 8.52. The Morgan fingerprint density at radius 3 is 2.65 bits per heavy atom. The number of hydrogen-bond donors (Lipinski definition) is 1. The van der Waals surface area contributed by atoms with Crippen LogP contribution in [0.5, 0.6) is 5.75 Å². The zero-order valence-electron chi connectivity index (χ0n) is 15.8. The number of anilines is 1. The second-order valence-corrected chi connectivity index (χ2v) is 7.12. The zero-order valence-corrected chi connectivity index (χ0v) is 16.6. The zero-order chi connectivity index (χ0) is 22.7. The summed E-state index contributed by atoms with van der Waals surface area (Å²) in [5, 5.41) is 12.5. The van der Waals surface area contributed by atoms with Crippen LogP contribution in [0.1, 0.15) is 5.56 Å². The monoisotopic (exact) mass is 449 g/mol. The van der Waals surface area contributed by atoms with Gasteiger partial charge >= 0.3 is 5.69 Å². The molecule has 2 aromatic carbocycles. The smallest absolute Gasteiger partial charge is 0.311 e. The fourth-order valence-electron chi connectivity index (χ4n) is 2.65. The van der Waals surface area contributed by atoms with Crippen molar-refractivity contribution in [2.24, 2.45) is 0 Å². The lowest BCUT2D eigenvalue weighted by atomic mass is 10.1. The van der Waals surface area contributed by atoms with Gasteiger partial charge in [-0.15, -0.1) is 0 Å². The van der Waals surface area contributed by atoms with Crippen LogP contribution in [0, 0.1) is 21.7 Å². The van der Waals surface area contributed by atoms with Gasteiger partial charge in [-0.25, -0.2) is 8.78 Å². The first kappa shape index (κ1) is 21.9. The number of carbonyl (C=O) groups is 3. The summed E-state index contributed by atoms with van der Waals surface area (Å²) in [5.74, 6) is -3.47. The number of carbonyl (C=O) groups excluding carboxylic acids is 3. The van der Waals surface area contributed by atoms with Crippen molar-refractivity contribution in [3.05, 3.63) is 68.6 Å². The van der Waals surface area contributed by atoms with Crippen LogP contribution in [0.4, 0.5) is 25.0 Å². The van der Waals surface area contributed by atoms with E-state index in [2.05, 4.69) is 5.32 Å². The minimum absolute atomic E-state index is 0.0277. The summed E-state index contributed by atoms with van der Waals surface area (Å²) < 4.78 is 31.5. The molecular formula is C19H13F2N3O6S. The number of halogens is 2. The number of benzene rings is 2. The van der Waals surface area contributed by atoms with Crippen molar-refractivity contribution in [1.29, 1.82) is 0 Å². The van der Waals surface area contributed by atoms with E-state index in [-0.39, 0.29) is 27.6 Å². The van der Waals surface area contributed by atoms with E-state index in [1.54, 1.807) is 0 Å². The molecule has 1 N–H and O–H groups in total. The van der Waals surface area contributed by atoms with Gasteiger partial charge in [-0.2, -0.15) is 0 Å². The van der Waals surface area contributed by atoms with E-state index >= 15 is 0 Å². The summed E-state index contributed by atoms with van der Waals surface area (Å²) >= 11 is 0.548. The maximum atomic E-state index is 13.7. The number of thioether (sulfide) groups is 1. The predicted molar refractivity (Wildman–Crippen MR) is 107 cm³/mol. The largest absolute Gasteiger partial charge is 0.490 e. The highest BCUT2D eigenvalue weighted by Gasteiger charge is 2.36. The van der Waals surface area contributed by atoms with Gasteiger partial charge in [0.25, 0.3) is 11.1 Å². The van der Waals surface area contributed by atoms with E-state index in [4.69, 9.17) is 4.74 Å². The van der Waals surface area contributed by atoms with Gasteiger partial charge in [-0.3, -0.25) is 29.4 Å². The average Bonchev–Trinajstić information content (AvgIpc) is 2.97. The average molecular weight is 449 g/mol. The molecule has 0 atom stereocenters. The van der Waals surface area contributed by atoms with Crippen molar-refractivity contribution in [2.45, 2.75) is 0 Å². The molecule has 1 aliphatic heterocycles. The SMILES string of the molecule is COc1ccc(C=C2SC(=O)N(CC(=O)Nc3ccc(F)cc3F)C2=O)cc1[N+](=O)[O-]. The first-order valence-corrected chi connectivity index (χ1v) is 9.34. The number of hydrogen-bond acceptors (Lipinski definition) is 7. The first-order chi connectivity index (χ1) is 14.7. The van der Waals surface area contributed by atoms with Crippen LogP contribution >= 0.6 is 11.8 Å². The number of imide groups is 1. The number of nitrogens with zero attached hydrogens (tertiary/aromatic N) is 2. The van der Waals surface area contributed by atoms with E-state index in [1.165, 1.54) is 31.4 Å². The van der Waals surface area contributed by atoms with E-state index in [9.17, 15) is 33.3 Å². The number of methoxy groups -OCH3 is 1. The van der Waals surface area contributed by atoms with Gasteiger partial charge in [-0.1, -0.05) is 6.07 Å². The van der Waals surface area contributed by atoms with Gasteiger partial charge < -0.3 is 10.1 Å². The van der Waals surface area contributed by atoms with E-state index in [0.29, 0.717) is 22.7 Å². The molecule has 0 radical (unpaired) electrons. The van der Waals surface area contributed by atoms with Crippen molar-refractivity contribution < 1.29 is 32.8 Å². The molecule has 160 valence electrons. The maximum Gasteiger partial charge on any atom is 0.311 e. The summed E-state index contributed by atoms with van der Waals surface area (Å²) in [4.78, 5) is 47.9. The van der Waals surface area contributed by atoms with Gasteiger partial charge in [-0.05, 0) is 41.6 Å². The van der Waals surface area contributed by atoms with Crippen LogP contribution in [0.2, 0.25) is 0 Å². The van der Waals surface area contributed by atoms with E-state index in [0.717, 1.165) is 12.1 Å². The number of nitrogens with one attached hydrogen (secondary N) is 1. The Balaban J connectivity index is 1.75. The van der Waals surface area contributed by atoms with Crippen LogP contribution in [-0.4, -0.2) is 40.5 Å². The van der Waals surface area contributed by atoms with Crippen molar-refractivity contribution in [3.8, 4) is 5.75 Å². The molecule has 0 spiro atoms. The highest BCUT2D eigenvalue weighted by molar-refractivity contribution is 8.18. The minimum atomic E-state index is -1.01. The standard InChI is InChI=1S/C19H13F2N3O6S/c1-30-15-5-2-10(6-14(15)24(28)29)7-16-18(26)23(19(27)31-16)9-17(25)22-13-4-3-11(20)8-12(13)21/h2-8H,9H2,1H3,(H,22,25). The molecular weight excluding hydrogens is 436 g/mol. The number of ether oxygens (including phenoxy) is 1. The van der Waals surface area contributed by atoms with Crippen LogP contribution < -0.4 is 10.1 Å². The van der Waals surface area contributed by atoms with Gasteiger partial charge in [0.1, 0.15) is 18.2 Å². The van der Waals surface area contributed by atoms with Gasteiger partial charge in [0.05, 0.1) is 22.6 Å². The van der Waals surface area contributed by atoms with E-state index in [1.807, 2.05) is 0 Å². The molecule has 0 saturated carbocycles. The molecule has 0 aliphatic carbocycles. The predicted octanol–water partition coefficient (Wildman–Crippen LogP) is 3.56. The fraction of sp³-hybridized carbons (Fsp3) is 0.105. The third-order valence-corrected chi connectivity index (χ3v) is 4.99. The highest BCUT2D eigenvalue weighted by Crippen LogP contribution is 2.34. The van der Waals surface area contributed by atoms with Crippen molar-refractivity contribution >= 4 is 46.3 Å². The summed E-state index contributed by atoms with van der Waals surface area (Å²) in [7, 11) is 1.27. The molecule has 0 aromatic heterocycles. The summed E-state index contributed by atoms with van der Waals surface area (Å²) in [6.07, 6.45) is 1.27. The summed E-state index contributed by atoms with van der Waals surface area (Å²) in [6.45, 7) is -0.693. The van der Waals surface area contributed by atoms with Crippen LogP contribution in [-0.2, 0) is 9.59 Å². The Labute approximate surface area is 177 Å². The summed E-state index contributed by atoms with van der Waals surface area (Å²) in [6, 6.07) is 6.51. The van der Waals surface area contributed by atoms with E-state index < -0.39 is 40.2 Å². The number of amides is 3.